The average Bonchev–Trinajstić information content (AvgIpc) is 3.23. The first-order chi connectivity index (χ1) is 11.6. The third-order valence-electron chi connectivity index (χ3n) is 3.45. The van der Waals surface area contributed by atoms with Crippen molar-refractivity contribution >= 4 is 11.7 Å². The highest BCUT2D eigenvalue weighted by atomic mass is 16.4. The molecule has 24 heavy (non-hydrogen) atoms. The molecule has 7 heteroatoms. The first-order valence-corrected chi connectivity index (χ1v) is 7.49. The number of carbonyl (C=O) groups excluding carboxylic acids is 1. The van der Waals surface area contributed by atoms with E-state index in [0.717, 1.165) is 5.56 Å². The fourth-order valence-corrected chi connectivity index (χ4v) is 2.33. The summed E-state index contributed by atoms with van der Waals surface area (Å²) in [6.07, 6.45) is 2.30. The fourth-order valence-electron chi connectivity index (χ4n) is 2.33. The molecule has 0 fully saturated rings. The Kier molecular flexibility index (Phi) is 4.62. The van der Waals surface area contributed by atoms with E-state index >= 15 is 0 Å². The Balaban J connectivity index is 1.65. The Hall–Kier alpha value is -3.06. The lowest BCUT2D eigenvalue weighted by molar-refractivity contribution is 0.149. The van der Waals surface area contributed by atoms with E-state index in [9.17, 15) is 9.90 Å². The Morgan fingerprint density at radius 1 is 1.29 bits per heavy atom. The predicted octanol–water partition coefficient (Wildman–Crippen LogP) is 2.54. The molecule has 0 aliphatic carbocycles. The molecule has 124 valence electrons. The van der Waals surface area contributed by atoms with Crippen molar-refractivity contribution in [3.05, 3.63) is 60.7 Å². The van der Waals surface area contributed by atoms with Crippen molar-refractivity contribution in [1.29, 1.82) is 0 Å². The van der Waals surface area contributed by atoms with E-state index in [-0.39, 0.29) is 6.54 Å². The van der Waals surface area contributed by atoms with Crippen LogP contribution >= 0.6 is 0 Å². The minimum absolute atomic E-state index is 0.0419. The third-order valence-corrected chi connectivity index (χ3v) is 3.45. The largest absolute Gasteiger partial charge is 0.467 e. The monoisotopic (exact) mass is 326 g/mol. The van der Waals surface area contributed by atoms with Crippen molar-refractivity contribution in [2.45, 2.75) is 6.10 Å². The van der Waals surface area contributed by atoms with Crippen LogP contribution in [-0.2, 0) is 7.05 Å². The van der Waals surface area contributed by atoms with Gasteiger partial charge in [0.1, 0.15) is 17.6 Å². The molecule has 0 bridgehead atoms. The van der Waals surface area contributed by atoms with Gasteiger partial charge in [-0.15, -0.1) is 0 Å². The molecule has 1 aromatic carbocycles. The molecule has 0 spiro atoms. The number of urea groups is 1. The molecule has 3 rings (SSSR count). The number of rotatable bonds is 5. The lowest BCUT2D eigenvalue weighted by atomic mass is 10.1. The second-order valence-electron chi connectivity index (χ2n) is 5.30. The number of carbonyl (C=O) groups is 1. The van der Waals surface area contributed by atoms with Gasteiger partial charge in [-0.3, -0.25) is 4.68 Å². The summed E-state index contributed by atoms with van der Waals surface area (Å²) >= 11 is 0. The fraction of sp³-hybridized carbons (Fsp3) is 0.176. The van der Waals surface area contributed by atoms with Gasteiger partial charge in [0.15, 0.2) is 0 Å². The van der Waals surface area contributed by atoms with E-state index in [1.807, 2.05) is 30.3 Å². The zero-order valence-electron chi connectivity index (χ0n) is 13.1. The van der Waals surface area contributed by atoms with Gasteiger partial charge in [-0.1, -0.05) is 30.3 Å². The molecule has 1 atom stereocenters. The molecule has 3 aromatic rings. The van der Waals surface area contributed by atoms with Gasteiger partial charge in [0.05, 0.1) is 18.5 Å². The highest BCUT2D eigenvalue weighted by Crippen LogP contribution is 2.25. The molecule has 7 nitrogen and oxygen atoms in total. The average molecular weight is 326 g/mol. The van der Waals surface area contributed by atoms with Crippen LogP contribution in [0, 0.1) is 0 Å². The van der Waals surface area contributed by atoms with Crippen LogP contribution in [0.1, 0.15) is 11.9 Å². The second-order valence-corrected chi connectivity index (χ2v) is 5.30. The summed E-state index contributed by atoms with van der Waals surface area (Å²) in [4.78, 5) is 12.1. The number of benzene rings is 1. The number of hydrogen-bond acceptors (Lipinski definition) is 4. The number of nitrogens with zero attached hydrogens (tertiary/aromatic N) is 2. The number of hydrogen-bond donors (Lipinski definition) is 3. The number of aliphatic hydroxyl groups excluding tert-OH is 1. The van der Waals surface area contributed by atoms with Gasteiger partial charge in [0.25, 0.3) is 0 Å². The molecule has 1 unspecified atom stereocenters. The van der Waals surface area contributed by atoms with Gasteiger partial charge in [0, 0.05) is 18.8 Å². The van der Waals surface area contributed by atoms with Gasteiger partial charge in [-0.2, -0.15) is 5.10 Å². The van der Waals surface area contributed by atoms with Crippen molar-refractivity contribution in [3.63, 3.8) is 0 Å². The van der Waals surface area contributed by atoms with Crippen molar-refractivity contribution in [2.75, 3.05) is 11.9 Å². The number of furan rings is 1. The summed E-state index contributed by atoms with van der Waals surface area (Å²) in [5.41, 5.74) is 2.18. The molecular weight excluding hydrogens is 308 g/mol. The topological polar surface area (TPSA) is 92.3 Å². The quantitative estimate of drug-likeness (QED) is 0.672. The summed E-state index contributed by atoms with van der Waals surface area (Å²) in [6, 6.07) is 12.5. The lowest BCUT2D eigenvalue weighted by Gasteiger charge is -2.10. The molecule has 2 heterocycles. The van der Waals surface area contributed by atoms with E-state index < -0.39 is 12.1 Å². The number of nitrogens with one attached hydrogen (secondary N) is 2. The predicted molar refractivity (Wildman–Crippen MR) is 89.3 cm³/mol. The standard InChI is InChI=1S/C17H18N4O3/c1-21-11-13(16(20-21)12-6-3-2-4-7-12)19-17(23)18-10-14(22)15-8-5-9-24-15/h2-9,11,14,22H,10H2,1H3,(H2,18,19,23). The highest BCUT2D eigenvalue weighted by molar-refractivity contribution is 5.93. The van der Waals surface area contributed by atoms with Crippen LogP contribution in [0.15, 0.2) is 59.3 Å². The zero-order valence-corrected chi connectivity index (χ0v) is 13.1. The van der Waals surface area contributed by atoms with Gasteiger partial charge in [-0.25, -0.2) is 4.79 Å². The molecule has 3 N–H and O–H groups in total. The minimum atomic E-state index is -0.895. The minimum Gasteiger partial charge on any atom is -0.467 e. The molecule has 0 aliphatic heterocycles. The smallest absolute Gasteiger partial charge is 0.319 e. The van der Waals surface area contributed by atoms with Crippen LogP contribution in [0.4, 0.5) is 10.5 Å². The molecular formula is C17H18N4O3. The number of anilines is 1. The van der Waals surface area contributed by atoms with Crippen molar-refractivity contribution < 1.29 is 14.3 Å². The summed E-state index contributed by atoms with van der Waals surface area (Å²) in [6.45, 7) is 0.0419. The van der Waals surface area contributed by atoms with Gasteiger partial charge in [-0.05, 0) is 12.1 Å². The summed E-state index contributed by atoms with van der Waals surface area (Å²) < 4.78 is 6.73. The Labute approximate surface area is 138 Å². The number of aliphatic hydroxyl groups is 1. The van der Waals surface area contributed by atoms with Crippen molar-refractivity contribution in [3.8, 4) is 11.3 Å². The van der Waals surface area contributed by atoms with Crippen LogP contribution in [0.25, 0.3) is 11.3 Å². The van der Waals surface area contributed by atoms with Crippen LogP contribution in [0.5, 0.6) is 0 Å². The maximum Gasteiger partial charge on any atom is 0.319 e. The highest BCUT2D eigenvalue weighted by Gasteiger charge is 2.15. The number of aromatic nitrogens is 2. The maximum absolute atomic E-state index is 12.1. The first-order valence-electron chi connectivity index (χ1n) is 7.49. The molecule has 2 amide bonds. The van der Waals surface area contributed by atoms with E-state index in [1.54, 1.807) is 30.1 Å². The van der Waals surface area contributed by atoms with E-state index in [4.69, 9.17) is 4.42 Å². The van der Waals surface area contributed by atoms with Gasteiger partial charge < -0.3 is 20.2 Å². The van der Waals surface area contributed by atoms with Gasteiger partial charge >= 0.3 is 6.03 Å². The summed E-state index contributed by atoms with van der Waals surface area (Å²) in [5, 5.41) is 19.7. The van der Waals surface area contributed by atoms with Crippen molar-refractivity contribution in [2.24, 2.45) is 7.05 Å². The van der Waals surface area contributed by atoms with Crippen LogP contribution in [0.3, 0.4) is 0 Å². The summed E-state index contributed by atoms with van der Waals surface area (Å²) in [5.74, 6) is 0.404. The van der Waals surface area contributed by atoms with E-state index in [2.05, 4.69) is 15.7 Å². The number of amides is 2. The lowest BCUT2D eigenvalue weighted by Crippen LogP contribution is -2.32. The van der Waals surface area contributed by atoms with Crippen molar-refractivity contribution in [1.82, 2.24) is 15.1 Å². The Morgan fingerprint density at radius 2 is 2.08 bits per heavy atom. The third kappa shape index (κ3) is 3.64. The molecule has 0 saturated heterocycles. The normalized spacial score (nSPS) is 11.9. The maximum atomic E-state index is 12.1. The zero-order chi connectivity index (χ0) is 16.9. The number of aryl methyl sites for hydroxylation is 1. The Morgan fingerprint density at radius 3 is 2.79 bits per heavy atom. The van der Waals surface area contributed by atoms with Crippen LogP contribution < -0.4 is 10.6 Å². The first kappa shape index (κ1) is 15.8. The van der Waals surface area contributed by atoms with E-state index in [0.29, 0.717) is 17.1 Å². The SMILES string of the molecule is Cn1cc(NC(=O)NCC(O)c2ccco2)c(-c2ccccc2)n1. The Bertz CT molecular complexity index is 797. The molecule has 0 radical (unpaired) electrons. The molecule has 2 aromatic heterocycles. The van der Waals surface area contributed by atoms with Crippen LogP contribution in [0.2, 0.25) is 0 Å². The summed E-state index contributed by atoms with van der Waals surface area (Å²) in [7, 11) is 1.79. The van der Waals surface area contributed by atoms with E-state index in [1.165, 1.54) is 6.26 Å². The molecule has 0 saturated carbocycles. The second kappa shape index (κ2) is 7.01. The van der Waals surface area contributed by atoms with Crippen LogP contribution in [-0.4, -0.2) is 27.5 Å². The van der Waals surface area contributed by atoms with Gasteiger partial charge in [0.2, 0.25) is 0 Å². The molecule has 0 aliphatic rings.